The van der Waals surface area contributed by atoms with Crippen LogP contribution in [0.2, 0.25) is 0 Å². The summed E-state index contributed by atoms with van der Waals surface area (Å²) in [6.07, 6.45) is 3.44. The number of amides is 1. The molecule has 0 fully saturated rings. The van der Waals surface area contributed by atoms with Gasteiger partial charge in [0.2, 0.25) is 5.91 Å². The molecule has 1 amide bonds. The molecule has 0 saturated carbocycles. The summed E-state index contributed by atoms with van der Waals surface area (Å²) in [4.78, 5) is 16.6. The third kappa shape index (κ3) is 4.92. The highest BCUT2D eigenvalue weighted by atomic mass is 32.2. The Hall–Kier alpha value is -3.65. The highest BCUT2D eigenvalue weighted by molar-refractivity contribution is 7.99. The molecule has 0 aliphatic rings. The number of aryl methyl sites for hydroxylation is 1. The lowest BCUT2D eigenvalue weighted by Crippen LogP contribution is -2.14. The number of nitrogens with one attached hydrogen (secondary N) is 1. The highest BCUT2D eigenvalue weighted by Gasteiger charge is 2.17. The third-order valence-electron chi connectivity index (χ3n) is 4.57. The lowest BCUT2D eigenvalue weighted by molar-refractivity contribution is -0.113. The number of hydrogen-bond donors (Lipinski definition) is 1. The van der Waals surface area contributed by atoms with Gasteiger partial charge in [0, 0.05) is 29.3 Å². The lowest BCUT2D eigenvalue weighted by Gasteiger charge is -2.11. The Morgan fingerprint density at radius 2 is 1.71 bits per heavy atom. The molecule has 31 heavy (non-hydrogen) atoms. The maximum absolute atomic E-state index is 12.5. The Bertz CT molecular complexity index is 1160. The van der Waals surface area contributed by atoms with Crippen molar-refractivity contribution in [1.29, 1.82) is 0 Å². The molecule has 4 rings (SSSR count). The van der Waals surface area contributed by atoms with Gasteiger partial charge in [0.15, 0.2) is 11.0 Å². The standard InChI is InChI=1S/C23H21N5O2S/c1-16-3-7-19(8-4-16)28-22(17-11-13-24-14-12-17)26-27-23(28)31-15-21(29)25-18-5-9-20(30-2)10-6-18/h3-14H,15H2,1-2H3,(H,25,29). The van der Waals surface area contributed by atoms with E-state index in [1.807, 2.05) is 47.9 Å². The molecule has 7 nitrogen and oxygen atoms in total. The summed E-state index contributed by atoms with van der Waals surface area (Å²) in [6.45, 7) is 2.04. The van der Waals surface area contributed by atoms with Gasteiger partial charge < -0.3 is 10.1 Å². The molecule has 0 bridgehead atoms. The molecule has 156 valence electrons. The number of carbonyl (C=O) groups is 1. The van der Waals surface area contributed by atoms with Gasteiger partial charge in [-0.25, -0.2) is 0 Å². The van der Waals surface area contributed by atoms with E-state index in [1.165, 1.54) is 11.8 Å². The van der Waals surface area contributed by atoms with E-state index in [-0.39, 0.29) is 11.7 Å². The molecule has 1 N–H and O–H groups in total. The van der Waals surface area contributed by atoms with Crippen LogP contribution in [0.3, 0.4) is 0 Å². The van der Waals surface area contributed by atoms with Crippen molar-refractivity contribution >= 4 is 23.4 Å². The Morgan fingerprint density at radius 1 is 1.00 bits per heavy atom. The Balaban J connectivity index is 1.55. The van der Waals surface area contributed by atoms with Gasteiger partial charge in [0.25, 0.3) is 0 Å². The van der Waals surface area contributed by atoms with E-state index < -0.39 is 0 Å². The molecular formula is C23H21N5O2S. The normalized spacial score (nSPS) is 10.6. The maximum atomic E-state index is 12.5. The fourth-order valence-corrected chi connectivity index (χ4v) is 3.73. The van der Waals surface area contributed by atoms with Gasteiger partial charge in [-0.2, -0.15) is 0 Å². The van der Waals surface area contributed by atoms with Crippen molar-refractivity contribution in [3.8, 4) is 22.8 Å². The molecule has 2 aromatic heterocycles. The molecule has 4 aromatic rings. The number of nitrogens with zero attached hydrogens (tertiary/aromatic N) is 4. The van der Waals surface area contributed by atoms with Crippen LogP contribution in [-0.4, -0.2) is 38.5 Å². The zero-order chi connectivity index (χ0) is 21.6. The van der Waals surface area contributed by atoms with Crippen LogP contribution >= 0.6 is 11.8 Å². The first-order valence-electron chi connectivity index (χ1n) is 9.63. The van der Waals surface area contributed by atoms with Crippen molar-refractivity contribution in [2.75, 3.05) is 18.2 Å². The van der Waals surface area contributed by atoms with E-state index in [0.29, 0.717) is 16.7 Å². The first kappa shape index (κ1) is 20.6. The molecular weight excluding hydrogens is 410 g/mol. The van der Waals surface area contributed by atoms with Crippen LogP contribution in [-0.2, 0) is 4.79 Å². The van der Waals surface area contributed by atoms with Gasteiger partial charge in [-0.15, -0.1) is 10.2 Å². The van der Waals surface area contributed by atoms with Crippen LogP contribution in [0.5, 0.6) is 5.75 Å². The molecule has 2 aromatic carbocycles. The second kappa shape index (κ2) is 9.44. The number of rotatable bonds is 7. The van der Waals surface area contributed by atoms with Crippen molar-refractivity contribution in [3.05, 3.63) is 78.6 Å². The summed E-state index contributed by atoms with van der Waals surface area (Å²) >= 11 is 1.33. The SMILES string of the molecule is COc1ccc(NC(=O)CSc2nnc(-c3ccncc3)n2-c2ccc(C)cc2)cc1. The van der Waals surface area contributed by atoms with Gasteiger partial charge in [-0.3, -0.25) is 14.3 Å². The van der Waals surface area contributed by atoms with Crippen LogP contribution in [0.25, 0.3) is 17.1 Å². The second-order valence-corrected chi connectivity index (χ2v) is 7.72. The maximum Gasteiger partial charge on any atom is 0.234 e. The number of aromatic nitrogens is 4. The van der Waals surface area contributed by atoms with E-state index in [2.05, 4.69) is 20.5 Å². The fraction of sp³-hybridized carbons (Fsp3) is 0.130. The summed E-state index contributed by atoms with van der Waals surface area (Å²) < 4.78 is 7.10. The number of pyridine rings is 1. The molecule has 0 aliphatic carbocycles. The first-order chi connectivity index (χ1) is 15.1. The average molecular weight is 432 g/mol. The van der Waals surface area contributed by atoms with Crippen LogP contribution in [0.4, 0.5) is 5.69 Å². The topological polar surface area (TPSA) is 81.9 Å². The fourth-order valence-electron chi connectivity index (χ4n) is 2.98. The summed E-state index contributed by atoms with van der Waals surface area (Å²) in [6, 6.07) is 19.1. The molecule has 8 heteroatoms. The van der Waals surface area contributed by atoms with Crippen molar-refractivity contribution < 1.29 is 9.53 Å². The van der Waals surface area contributed by atoms with Crippen molar-refractivity contribution in [1.82, 2.24) is 19.7 Å². The van der Waals surface area contributed by atoms with E-state index in [9.17, 15) is 4.79 Å². The summed E-state index contributed by atoms with van der Waals surface area (Å²) in [7, 11) is 1.61. The summed E-state index contributed by atoms with van der Waals surface area (Å²) in [5, 5.41) is 12.3. The Labute approximate surface area is 184 Å². The largest absolute Gasteiger partial charge is 0.497 e. The summed E-state index contributed by atoms with van der Waals surface area (Å²) in [5.74, 6) is 1.51. The minimum atomic E-state index is -0.126. The molecule has 0 spiro atoms. The van der Waals surface area contributed by atoms with Crippen LogP contribution in [0.1, 0.15) is 5.56 Å². The molecule has 2 heterocycles. The first-order valence-corrected chi connectivity index (χ1v) is 10.6. The smallest absolute Gasteiger partial charge is 0.234 e. The predicted octanol–water partition coefficient (Wildman–Crippen LogP) is 4.38. The number of thioether (sulfide) groups is 1. The molecule has 0 atom stereocenters. The molecule has 0 radical (unpaired) electrons. The summed E-state index contributed by atoms with van der Waals surface area (Å²) in [5.41, 5.74) is 3.71. The molecule has 0 saturated heterocycles. The minimum Gasteiger partial charge on any atom is -0.497 e. The Morgan fingerprint density at radius 3 is 2.39 bits per heavy atom. The van der Waals surface area contributed by atoms with Gasteiger partial charge in [-0.1, -0.05) is 29.5 Å². The minimum absolute atomic E-state index is 0.126. The highest BCUT2D eigenvalue weighted by Crippen LogP contribution is 2.28. The monoisotopic (exact) mass is 431 g/mol. The van der Waals surface area contributed by atoms with Crippen molar-refractivity contribution in [2.24, 2.45) is 0 Å². The number of methoxy groups -OCH3 is 1. The van der Waals surface area contributed by atoms with Gasteiger partial charge >= 0.3 is 0 Å². The van der Waals surface area contributed by atoms with Gasteiger partial charge in [-0.05, 0) is 55.5 Å². The Kier molecular flexibility index (Phi) is 6.28. The number of benzene rings is 2. The lowest BCUT2D eigenvalue weighted by atomic mass is 10.2. The van der Waals surface area contributed by atoms with Gasteiger partial charge in [0.1, 0.15) is 5.75 Å². The predicted molar refractivity (Wildman–Crippen MR) is 122 cm³/mol. The van der Waals surface area contributed by atoms with Crippen LogP contribution < -0.4 is 10.1 Å². The average Bonchev–Trinajstić information content (AvgIpc) is 3.23. The van der Waals surface area contributed by atoms with Gasteiger partial charge in [0.05, 0.1) is 12.9 Å². The van der Waals surface area contributed by atoms with Crippen molar-refractivity contribution in [3.63, 3.8) is 0 Å². The van der Waals surface area contributed by atoms with Crippen LogP contribution in [0.15, 0.2) is 78.2 Å². The van der Waals surface area contributed by atoms with E-state index in [4.69, 9.17) is 4.74 Å². The van der Waals surface area contributed by atoms with E-state index in [1.54, 1.807) is 43.8 Å². The number of anilines is 1. The number of hydrogen-bond acceptors (Lipinski definition) is 6. The van der Waals surface area contributed by atoms with E-state index >= 15 is 0 Å². The molecule has 0 aliphatic heterocycles. The number of carbonyl (C=O) groups excluding carboxylic acids is 1. The zero-order valence-electron chi connectivity index (χ0n) is 17.1. The second-order valence-electron chi connectivity index (χ2n) is 6.78. The quantitative estimate of drug-likeness (QED) is 0.438. The molecule has 0 unspecified atom stereocenters. The van der Waals surface area contributed by atoms with E-state index in [0.717, 1.165) is 22.6 Å². The van der Waals surface area contributed by atoms with Crippen molar-refractivity contribution in [2.45, 2.75) is 12.1 Å². The zero-order valence-corrected chi connectivity index (χ0v) is 18.0. The number of ether oxygens (including phenoxy) is 1. The van der Waals surface area contributed by atoms with Crippen LogP contribution in [0, 0.1) is 6.92 Å². The third-order valence-corrected chi connectivity index (χ3v) is 5.50.